The monoisotopic (exact) mass is 357 g/mol. The predicted octanol–water partition coefficient (Wildman–Crippen LogP) is 1.73. The van der Waals surface area contributed by atoms with Crippen molar-refractivity contribution < 1.29 is 14.3 Å². The number of hydrogen-bond acceptors (Lipinski definition) is 5. The number of ether oxygens (including phenoxy) is 1. The van der Waals surface area contributed by atoms with Crippen molar-refractivity contribution in [2.24, 2.45) is 5.92 Å². The Kier molecular flexibility index (Phi) is 5.50. The minimum atomic E-state index is -0.392. The fourth-order valence-electron chi connectivity index (χ4n) is 3.14. The average molecular weight is 357 g/mol. The van der Waals surface area contributed by atoms with Crippen LogP contribution in [0.5, 0.6) is 5.75 Å². The highest BCUT2D eigenvalue weighted by molar-refractivity contribution is 5.94. The van der Waals surface area contributed by atoms with Gasteiger partial charge in [0.15, 0.2) is 0 Å². The van der Waals surface area contributed by atoms with E-state index in [1.54, 1.807) is 23.6 Å². The van der Waals surface area contributed by atoms with Crippen molar-refractivity contribution in [1.82, 2.24) is 19.7 Å². The van der Waals surface area contributed by atoms with E-state index < -0.39 is 6.04 Å². The standard InChI is InChI=1S/C18H23N5O3/c1-13(23-12-19-11-20-23)18(25)22-9-7-14(8-10-22)17(24)21-15-5-3-4-6-16(15)26-2/h3-6,11-14H,7-10H2,1-2H3,(H,21,24)/t13-/m0/s1. The van der Waals surface area contributed by atoms with Crippen LogP contribution >= 0.6 is 0 Å². The zero-order valence-corrected chi connectivity index (χ0v) is 15.0. The molecular formula is C18H23N5O3. The first-order valence-corrected chi connectivity index (χ1v) is 8.67. The predicted molar refractivity (Wildman–Crippen MR) is 95.7 cm³/mol. The maximum Gasteiger partial charge on any atom is 0.247 e. The number of methoxy groups -OCH3 is 1. The first-order valence-electron chi connectivity index (χ1n) is 8.67. The molecular weight excluding hydrogens is 334 g/mol. The summed E-state index contributed by atoms with van der Waals surface area (Å²) in [4.78, 5) is 30.8. The number of amides is 2. The van der Waals surface area contributed by atoms with Gasteiger partial charge in [0.1, 0.15) is 24.4 Å². The zero-order chi connectivity index (χ0) is 18.5. The van der Waals surface area contributed by atoms with Crippen molar-refractivity contribution in [2.75, 3.05) is 25.5 Å². The lowest BCUT2D eigenvalue weighted by atomic mass is 9.95. The van der Waals surface area contributed by atoms with Crippen molar-refractivity contribution >= 4 is 17.5 Å². The Morgan fingerprint density at radius 3 is 2.65 bits per heavy atom. The van der Waals surface area contributed by atoms with Gasteiger partial charge in [-0.3, -0.25) is 9.59 Å². The van der Waals surface area contributed by atoms with Gasteiger partial charge in [0.05, 0.1) is 12.8 Å². The molecule has 1 fully saturated rings. The number of para-hydroxylation sites is 2. The van der Waals surface area contributed by atoms with Crippen LogP contribution < -0.4 is 10.1 Å². The summed E-state index contributed by atoms with van der Waals surface area (Å²) in [5, 5.41) is 6.95. The maximum absolute atomic E-state index is 12.6. The van der Waals surface area contributed by atoms with Gasteiger partial charge in [0.25, 0.3) is 0 Å². The van der Waals surface area contributed by atoms with Gasteiger partial charge in [-0.1, -0.05) is 12.1 Å². The molecule has 0 saturated carbocycles. The second-order valence-electron chi connectivity index (χ2n) is 6.34. The highest BCUT2D eigenvalue weighted by Gasteiger charge is 2.30. The molecule has 1 atom stereocenters. The summed E-state index contributed by atoms with van der Waals surface area (Å²) >= 11 is 0. The average Bonchev–Trinajstić information content (AvgIpc) is 3.22. The van der Waals surface area contributed by atoms with Gasteiger partial charge >= 0.3 is 0 Å². The van der Waals surface area contributed by atoms with Crippen LogP contribution in [0.15, 0.2) is 36.9 Å². The van der Waals surface area contributed by atoms with Gasteiger partial charge in [-0.25, -0.2) is 9.67 Å². The van der Waals surface area contributed by atoms with Gasteiger partial charge in [0.2, 0.25) is 11.8 Å². The van der Waals surface area contributed by atoms with E-state index in [1.807, 2.05) is 24.3 Å². The van der Waals surface area contributed by atoms with Gasteiger partial charge in [-0.15, -0.1) is 0 Å². The number of carbonyl (C=O) groups excluding carboxylic acids is 2. The Balaban J connectivity index is 1.54. The van der Waals surface area contributed by atoms with E-state index in [2.05, 4.69) is 15.4 Å². The summed E-state index contributed by atoms with van der Waals surface area (Å²) in [6.07, 6.45) is 4.22. The number of benzene rings is 1. The van der Waals surface area contributed by atoms with Crippen LogP contribution in [0, 0.1) is 5.92 Å². The van der Waals surface area contributed by atoms with Crippen molar-refractivity contribution in [1.29, 1.82) is 0 Å². The number of aromatic nitrogens is 3. The maximum atomic E-state index is 12.6. The summed E-state index contributed by atoms with van der Waals surface area (Å²) < 4.78 is 6.81. The molecule has 0 radical (unpaired) electrons. The minimum absolute atomic E-state index is 0.000846. The lowest BCUT2D eigenvalue weighted by Crippen LogP contribution is -2.44. The molecule has 1 N–H and O–H groups in total. The molecule has 0 bridgehead atoms. The van der Waals surface area contributed by atoms with Crippen LogP contribution in [0.4, 0.5) is 5.69 Å². The third kappa shape index (κ3) is 3.84. The Labute approximate surface area is 152 Å². The number of likely N-dealkylation sites (tertiary alicyclic amines) is 1. The molecule has 2 amide bonds. The van der Waals surface area contributed by atoms with E-state index >= 15 is 0 Å². The molecule has 3 rings (SSSR count). The number of hydrogen-bond donors (Lipinski definition) is 1. The molecule has 138 valence electrons. The van der Waals surface area contributed by atoms with E-state index in [-0.39, 0.29) is 17.7 Å². The first-order chi connectivity index (χ1) is 12.6. The van der Waals surface area contributed by atoms with Crippen LogP contribution in [0.1, 0.15) is 25.8 Å². The molecule has 1 aliphatic rings. The second kappa shape index (κ2) is 7.99. The quantitative estimate of drug-likeness (QED) is 0.880. The normalized spacial score (nSPS) is 16.2. The number of anilines is 1. The fraction of sp³-hybridized carbons (Fsp3) is 0.444. The molecule has 1 aliphatic heterocycles. The topological polar surface area (TPSA) is 89.4 Å². The molecule has 2 aromatic rings. The Morgan fingerprint density at radius 1 is 1.27 bits per heavy atom. The van der Waals surface area contributed by atoms with Gasteiger partial charge in [0, 0.05) is 19.0 Å². The lowest BCUT2D eigenvalue weighted by molar-refractivity contribution is -0.137. The SMILES string of the molecule is COc1ccccc1NC(=O)C1CCN(C(=O)[C@H](C)n2cncn2)CC1. The molecule has 26 heavy (non-hydrogen) atoms. The molecule has 1 saturated heterocycles. The van der Waals surface area contributed by atoms with Crippen LogP contribution in [-0.4, -0.2) is 51.7 Å². The Hall–Kier alpha value is -2.90. The molecule has 1 aromatic carbocycles. The molecule has 2 heterocycles. The van der Waals surface area contributed by atoms with Crippen molar-refractivity contribution in [2.45, 2.75) is 25.8 Å². The zero-order valence-electron chi connectivity index (χ0n) is 15.0. The number of nitrogens with zero attached hydrogens (tertiary/aromatic N) is 4. The smallest absolute Gasteiger partial charge is 0.247 e. The molecule has 8 nitrogen and oxygen atoms in total. The first kappa shape index (κ1) is 17.9. The largest absolute Gasteiger partial charge is 0.495 e. The van der Waals surface area contributed by atoms with Crippen molar-refractivity contribution in [3.63, 3.8) is 0 Å². The fourth-order valence-corrected chi connectivity index (χ4v) is 3.14. The van der Waals surface area contributed by atoms with E-state index in [9.17, 15) is 9.59 Å². The molecule has 0 spiro atoms. The third-order valence-corrected chi connectivity index (χ3v) is 4.73. The van der Waals surface area contributed by atoms with E-state index in [0.717, 1.165) is 0 Å². The summed E-state index contributed by atoms with van der Waals surface area (Å²) in [6, 6.07) is 6.94. The summed E-state index contributed by atoms with van der Waals surface area (Å²) in [5.41, 5.74) is 0.665. The van der Waals surface area contributed by atoms with Crippen LogP contribution in [0.25, 0.3) is 0 Å². The number of piperidine rings is 1. The van der Waals surface area contributed by atoms with E-state index in [0.29, 0.717) is 37.4 Å². The van der Waals surface area contributed by atoms with Crippen molar-refractivity contribution in [3.8, 4) is 5.75 Å². The van der Waals surface area contributed by atoms with Gasteiger partial charge in [-0.05, 0) is 31.9 Å². The highest BCUT2D eigenvalue weighted by atomic mass is 16.5. The van der Waals surface area contributed by atoms with Crippen LogP contribution in [-0.2, 0) is 9.59 Å². The minimum Gasteiger partial charge on any atom is -0.495 e. The highest BCUT2D eigenvalue weighted by Crippen LogP contribution is 2.26. The lowest BCUT2D eigenvalue weighted by Gasteiger charge is -2.33. The Bertz CT molecular complexity index is 754. The molecule has 0 unspecified atom stereocenters. The van der Waals surface area contributed by atoms with E-state index in [1.165, 1.54) is 12.7 Å². The second-order valence-corrected chi connectivity index (χ2v) is 6.34. The Morgan fingerprint density at radius 2 is 2.00 bits per heavy atom. The molecule has 0 aliphatic carbocycles. The van der Waals surface area contributed by atoms with Crippen LogP contribution in [0.3, 0.4) is 0 Å². The number of nitrogens with one attached hydrogen (secondary N) is 1. The summed E-state index contributed by atoms with van der Waals surface area (Å²) in [7, 11) is 1.57. The summed E-state index contributed by atoms with van der Waals surface area (Å²) in [5.74, 6) is 0.478. The molecule has 1 aromatic heterocycles. The number of rotatable bonds is 5. The van der Waals surface area contributed by atoms with Gasteiger partial charge < -0.3 is 15.0 Å². The van der Waals surface area contributed by atoms with Crippen LogP contribution in [0.2, 0.25) is 0 Å². The summed E-state index contributed by atoms with van der Waals surface area (Å²) in [6.45, 7) is 2.92. The number of carbonyl (C=O) groups is 2. The molecule has 8 heteroatoms. The van der Waals surface area contributed by atoms with Gasteiger partial charge in [-0.2, -0.15) is 5.10 Å². The van der Waals surface area contributed by atoms with E-state index in [4.69, 9.17) is 4.74 Å². The van der Waals surface area contributed by atoms with Crippen molar-refractivity contribution in [3.05, 3.63) is 36.9 Å². The third-order valence-electron chi connectivity index (χ3n) is 4.73.